The quantitative estimate of drug-likeness (QED) is 0.185. The Balaban J connectivity index is 0.000000232. The van der Waals surface area contributed by atoms with Crippen molar-refractivity contribution in [3.05, 3.63) is 48.0 Å². The Morgan fingerprint density at radius 2 is 1.72 bits per heavy atom. The van der Waals surface area contributed by atoms with Crippen molar-refractivity contribution in [2.75, 3.05) is 43.6 Å². The number of esters is 1. The Morgan fingerprint density at radius 3 is 2.36 bits per heavy atom. The zero-order valence-electron chi connectivity index (χ0n) is 28.5. The number of hydrogen-bond donors (Lipinski definition) is 5. The van der Waals surface area contributed by atoms with Crippen molar-refractivity contribution in [3.8, 4) is 5.75 Å². The summed E-state index contributed by atoms with van der Waals surface area (Å²) in [4.78, 5) is 77.2. The van der Waals surface area contributed by atoms with E-state index in [1.807, 2.05) is 30.3 Å². The lowest BCUT2D eigenvalue weighted by Crippen LogP contribution is -2.53. The average Bonchev–Trinajstić information content (AvgIpc) is 3.57. The fraction of sp³-hybridized carbons (Fsp3) is 0.485. The van der Waals surface area contributed by atoms with E-state index in [1.54, 1.807) is 32.9 Å². The van der Waals surface area contributed by atoms with Crippen LogP contribution >= 0.6 is 0 Å². The minimum atomic E-state index is -1.00. The van der Waals surface area contributed by atoms with E-state index in [2.05, 4.69) is 31.0 Å². The monoisotopic (exact) mass is 697 g/mol. The summed E-state index contributed by atoms with van der Waals surface area (Å²) in [5, 5.41) is 10.7. The van der Waals surface area contributed by atoms with Crippen LogP contribution in [0.3, 0.4) is 0 Å². The lowest BCUT2D eigenvalue weighted by atomic mass is 9.94. The van der Waals surface area contributed by atoms with Crippen LogP contribution in [0.4, 0.5) is 21.2 Å². The van der Waals surface area contributed by atoms with E-state index in [0.29, 0.717) is 24.5 Å². The molecule has 1 aromatic carbocycles. The number of carbonyl (C=O) groups excluding carboxylic acids is 6. The van der Waals surface area contributed by atoms with Gasteiger partial charge in [0.15, 0.2) is 18.2 Å². The molecule has 2 unspecified atom stereocenters. The summed E-state index contributed by atoms with van der Waals surface area (Å²) in [7, 11) is 1.26. The third-order valence-corrected chi connectivity index (χ3v) is 7.79. The van der Waals surface area contributed by atoms with Crippen LogP contribution in [0.2, 0.25) is 0 Å². The third kappa shape index (κ3) is 10.3. The van der Waals surface area contributed by atoms with Gasteiger partial charge in [-0.3, -0.25) is 24.1 Å². The zero-order chi connectivity index (χ0) is 36.5. The molecule has 3 aliphatic heterocycles. The summed E-state index contributed by atoms with van der Waals surface area (Å²) in [5.41, 5.74) is 4.06. The number of methoxy groups -OCH3 is 1. The molecule has 6 N–H and O–H groups in total. The van der Waals surface area contributed by atoms with Gasteiger partial charge in [0, 0.05) is 6.54 Å². The molecule has 5 amide bonds. The number of ether oxygens (including phenoxy) is 4. The number of hydrogen-bond acceptors (Lipinski definition) is 12. The minimum absolute atomic E-state index is 0.0164. The van der Waals surface area contributed by atoms with Crippen LogP contribution in [-0.2, 0) is 40.0 Å². The van der Waals surface area contributed by atoms with Gasteiger partial charge in [-0.05, 0) is 51.4 Å². The van der Waals surface area contributed by atoms with Crippen LogP contribution in [0, 0.1) is 0 Å². The SMILES string of the molecule is CC(C)(C)OC(=O)NC1(CCN)CC(=O)N(c2ccc3c(n2)NC(=O)CO3)C1.COC(=O)CC1(NC(=O)OCc2ccccc2)CNC(=O)C1. The number of fused-ring (bicyclic) bond motifs is 1. The van der Waals surface area contributed by atoms with Gasteiger partial charge in [-0.25, -0.2) is 14.6 Å². The van der Waals surface area contributed by atoms with Crippen molar-refractivity contribution in [1.82, 2.24) is 20.9 Å². The van der Waals surface area contributed by atoms with E-state index in [0.717, 1.165) is 5.56 Å². The van der Waals surface area contributed by atoms with E-state index in [9.17, 15) is 28.8 Å². The number of anilines is 2. The summed E-state index contributed by atoms with van der Waals surface area (Å²) in [6.07, 6.45) is -0.880. The smallest absolute Gasteiger partial charge is 0.408 e. The summed E-state index contributed by atoms with van der Waals surface area (Å²) >= 11 is 0. The highest BCUT2D eigenvalue weighted by atomic mass is 16.6. The summed E-state index contributed by atoms with van der Waals surface area (Å²) in [5.74, 6) is -0.186. The number of aromatic nitrogens is 1. The maximum absolute atomic E-state index is 12.7. The van der Waals surface area contributed by atoms with Gasteiger partial charge in [0.1, 0.15) is 18.0 Å². The molecule has 2 saturated heterocycles. The zero-order valence-corrected chi connectivity index (χ0v) is 28.5. The molecular weight excluding hydrogens is 654 g/mol. The van der Waals surface area contributed by atoms with Crippen molar-refractivity contribution in [2.45, 2.75) is 69.7 Å². The minimum Gasteiger partial charge on any atom is -0.480 e. The first-order chi connectivity index (χ1) is 23.6. The van der Waals surface area contributed by atoms with Crippen LogP contribution in [0.25, 0.3) is 0 Å². The first kappa shape index (κ1) is 37.4. The molecule has 0 bridgehead atoms. The number of amides is 5. The van der Waals surface area contributed by atoms with Gasteiger partial charge in [-0.1, -0.05) is 30.3 Å². The van der Waals surface area contributed by atoms with Gasteiger partial charge >= 0.3 is 18.2 Å². The predicted molar refractivity (Wildman–Crippen MR) is 178 cm³/mol. The second-order valence-electron chi connectivity index (χ2n) is 13.1. The van der Waals surface area contributed by atoms with Crippen LogP contribution in [0.15, 0.2) is 42.5 Å². The summed E-state index contributed by atoms with van der Waals surface area (Å²) < 4.78 is 20.4. The molecule has 4 heterocycles. The largest absolute Gasteiger partial charge is 0.480 e. The highest BCUT2D eigenvalue weighted by Crippen LogP contribution is 2.33. The number of pyridine rings is 1. The number of rotatable bonds is 9. The average molecular weight is 698 g/mol. The molecule has 2 aromatic rings. The van der Waals surface area contributed by atoms with Crippen LogP contribution < -0.4 is 36.6 Å². The second kappa shape index (κ2) is 15.8. The summed E-state index contributed by atoms with van der Waals surface area (Å²) in [6.45, 7) is 5.99. The van der Waals surface area contributed by atoms with Gasteiger partial charge in [0.05, 0.1) is 44.0 Å². The molecule has 3 aliphatic rings. The molecule has 17 heteroatoms. The first-order valence-corrected chi connectivity index (χ1v) is 15.9. The lowest BCUT2D eigenvalue weighted by Gasteiger charge is -2.31. The molecule has 0 aliphatic carbocycles. The molecule has 0 saturated carbocycles. The highest BCUT2D eigenvalue weighted by molar-refractivity contribution is 5.98. The number of benzene rings is 1. The molecule has 1 aromatic heterocycles. The van der Waals surface area contributed by atoms with Gasteiger partial charge in [-0.2, -0.15) is 0 Å². The van der Waals surface area contributed by atoms with Gasteiger partial charge in [0.2, 0.25) is 11.8 Å². The molecule has 5 rings (SSSR count). The van der Waals surface area contributed by atoms with Crippen LogP contribution in [0.1, 0.15) is 52.0 Å². The Morgan fingerprint density at radius 1 is 1.00 bits per heavy atom. The van der Waals surface area contributed by atoms with E-state index < -0.39 is 34.8 Å². The number of alkyl carbamates (subject to hydrolysis) is 2. The Labute approximate surface area is 288 Å². The third-order valence-electron chi connectivity index (χ3n) is 7.79. The second-order valence-corrected chi connectivity index (χ2v) is 13.1. The Kier molecular flexibility index (Phi) is 11.8. The topological polar surface area (TPSA) is 230 Å². The highest BCUT2D eigenvalue weighted by Gasteiger charge is 2.46. The van der Waals surface area contributed by atoms with Crippen molar-refractivity contribution in [1.29, 1.82) is 0 Å². The number of nitrogens with one attached hydrogen (secondary N) is 4. The van der Waals surface area contributed by atoms with Crippen molar-refractivity contribution < 1.29 is 47.7 Å². The van der Waals surface area contributed by atoms with Crippen molar-refractivity contribution in [3.63, 3.8) is 0 Å². The maximum atomic E-state index is 12.7. The lowest BCUT2D eigenvalue weighted by molar-refractivity contribution is -0.142. The Hall–Kier alpha value is -5.45. The fourth-order valence-corrected chi connectivity index (χ4v) is 5.54. The van der Waals surface area contributed by atoms with E-state index in [4.69, 9.17) is 19.9 Å². The Bertz CT molecular complexity index is 1600. The summed E-state index contributed by atoms with van der Waals surface area (Å²) in [6, 6.07) is 12.5. The normalized spacial score (nSPS) is 21.0. The molecule has 0 radical (unpaired) electrons. The van der Waals surface area contributed by atoms with Crippen LogP contribution in [0.5, 0.6) is 5.75 Å². The fourth-order valence-electron chi connectivity index (χ4n) is 5.54. The molecule has 50 heavy (non-hydrogen) atoms. The molecule has 17 nitrogen and oxygen atoms in total. The molecule has 2 fully saturated rings. The van der Waals surface area contributed by atoms with Crippen molar-refractivity contribution >= 4 is 47.5 Å². The number of nitrogens with two attached hydrogens (primary N) is 1. The van der Waals surface area contributed by atoms with E-state index >= 15 is 0 Å². The number of nitrogens with zero attached hydrogens (tertiary/aromatic N) is 2. The number of carbonyl (C=O) groups is 6. The first-order valence-electron chi connectivity index (χ1n) is 15.9. The molecule has 270 valence electrons. The van der Waals surface area contributed by atoms with Crippen LogP contribution in [-0.4, -0.2) is 90.9 Å². The molecule has 0 spiro atoms. The molecule has 2 atom stereocenters. The van der Waals surface area contributed by atoms with E-state index in [-0.39, 0.29) is 69.1 Å². The standard InChI is InChI=1S/C18H25N5O5.C15H18N2O5/c1-17(2,3)28-16(26)22-18(6-7-19)8-14(25)23(10-18)12-5-4-11-15(20-12)21-13(24)9-27-11;1-21-13(19)8-15(7-12(18)16-10-15)17-14(20)22-9-11-5-3-2-4-6-11/h4-5H,6-10,19H2,1-3H3,(H,22,26)(H,20,21,24);2-6H,7-10H2,1H3,(H,16,18)(H,17,20). The van der Waals surface area contributed by atoms with Gasteiger partial charge in [-0.15, -0.1) is 0 Å². The van der Waals surface area contributed by atoms with Gasteiger partial charge < -0.3 is 45.9 Å². The molecular formula is C33H43N7O10. The predicted octanol–water partition coefficient (Wildman–Crippen LogP) is 1.50. The maximum Gasteiger partial charge on any atom is 0.408 e. The van der Waals surface area contributed by atoms with Crippen molar-refractivity contribution in [2.24, 2.45) is 5.73 Å². The van der Waals surface area contributed by atoms with E-state index in [1.165, 1.54) is 12.0 Å². The van der Waals surface area contributed by atoms with Gasteiger partial charge in [0.25, 0.3) is 5.91 Å².